The Morgan fingerprint density at radius 1 is 1.48 bits per heavy atom. The molecule has 2 aromatic rings. The zero-order chi connectivity index (χ0) is 16.4. The van der Waals surface area contributed by atoms with Crippen molar-refractivity contribution in [1.82, 2.24) is 10.3 Å². The average Bonchev–Trinajstić information content (AvgIpc) is 3.16. The van der Waals surface area contributed by atoms with E-state index in [1.807, 2.05) is 0 Å². The Balaban J connectivity index is 1.75. The molecule has 1 aliphatic heterocycles. The summed E-state index contributed by atoms with van der Waals surface area (Å²) in [5, 5.41) is 12.7. The first-order chi connectivity index (χ1) is 11.0. The number of halogens is 1. The molecule has 23 heavy (non-hydrogen) atoms. The molecule has 0 bridgehead atoms. The number of hydrogen-bond donors (Lipinski definition) is 3. The first kappa shape index (κ1) is 15.5. The molecule has 1 aromatic carbocycles. The predicted molar refractivity (Wildman–Crippen MR) is 80.5 cm³/mol. The number of benzene rings is 1. The van der Waals surface area contributed by atoms with E-state index in [9.17, 15) is 19.1 Å². The number of carbonyl (C=O) groups is 2. The van der Waals surface area contributed by atoms with Crippen LogP contribution in [0.25, 0.3) is 10.9 Å². The van der Waals surface area contributed by atoms with Gasteiger partial charge in [0.2, 0.25) is 5.91 Å². The van der Waals surface area contributed by atoms with Crippen molar-refractivity contribution in [1.29, 1.82) is 0 Å². The minimum absolute atomic E-state index is 0.125. The number of aromatic nitrogens is 1. The molecule has 1 saturated heterocycles. The van der Waals surface area contributed by atoms with Crippen molar-refractivity contribution in [2.75, 3.05) is 13.2 Å². The second kappa shape index (κ2) is 6.37. The number of hydrogen-bond acceptors (Lipinski definition) is 3. The van der Waals surface area contributed by atoms with Crippen molar-refractivity contribution < 1.29 is 23.8 Å². The summed E-state index contributed by atoms with van der Waals surface area (Å²) in [6, 6.07) is 3.24. The Hall–Kier alpha value is -2.41. The summed E-state index contributed by atoms with van der Waals surface area (Å²) >= 11 is 0. The lowest BCUT2D eigenvalue weighted by atomic mass is 10.0. The molecule has 0 radical (unpaired) electrons. The standard InChI is InChI=1S/C16H17FN2O4/c17-11-1-2-12-10(7-18-13(12)6-11)5-14(16(21)22)19-15(20)9-3-4-23-8-9/h1-2,6-7,9,14,18H,3-5,8H2,(H,19,20)(H,21,22). The van der Waals surface area contributed by atoms with Crippen molar-refractivity contribution in [3.05, 3.63) is 35.8 Å². The summed E-state index contributed by atoms with van der Waals surface area (Å²) in [4.78, 5) is 26.5. The lowest BCUT2D eigenvalue weighted by Gasteiger charge is -2.16. The Labute approximate surface area is 131 Å². The topological polar surface area (TPSA) is 91.4 Å². The largest absolute Gasteiger partial charge is 0.480 e. The van der Waals surface area contributed by atoms with E-state index in [1.54, 1.807) is 12.3 Å². The van der Waals surface area contributed by atoms with Gasteiger partial charge in [-0.1, -0.05) is 0 Å². The van der Waals surface area contributed by atoms with Gasteiger partial charge >= 0.3 is 5.97 Å². The van der Waals surface area contributed by atoms with Gasteiger partial charge in [-0.05, 0) is 30.2 Å². The van der Waals surface area contributed by atoms with Gasteiger partial charge in [0.1, 0.15) is 11.9 Å². The lowest BCUT2D eigenvalue weighted by Crippen LogP contribution is -2.45. The van der Waals surface area contributed by atoms with Crippen LogP contribution in [0.1, 0.15) is 12.0 Å². The van der Waals surface area contributed by atoms with Crippen LogP contribution in [0.3, 0.4) is 0 Å². The highest BCUT2D eigenvalue weighted by Gasteiger charge is 2.28. The molecule has 1 fully saturated rings. The molecule has 0 saturated carbocycles. The highest BCUT2D eigenvalue weighted by atomic mass is 19.1. The molecule has 6 nitrogen and oxygen atoms in total. The van der Waals surface area contributed by atoms with Gasteiger partial charge in [0.25, 0.3) is 0 Å². The number of carboxylic acids is 1. The number of fused-ring (bicyclic) bond motifs is 1. The van der Waals surface area contributed by atoms with Crippen LogP contribution in [0.4, 0.5) is 4.39 Å². The van der Waals surface area contributed by atoms with E-state index in [2.05, 4.69) is 10.3 Å². The van der Waals surface area contributed by atoms with Crippen molar-refractivity contribution >= 4 is 22.8 Å². The van der Waals surface area contributed by atoms with Gasteiger partial charge in [0.15, 0.2) is 0 Å². The normalized spacial score (nSPS) is 18.9. The Kier molecular flexibility index (Phi) is 4.29. The van der Waals surface area contributed by atoms with Gasteiger partial charge in [0, 0.05) is 30.1 Å². The number of aliphatic carboxylic acids is 1. The Morgan fingerprint density at radius 3 is 3.00 bits per heavy atom. The van der Waals surface area contributed by atoms with Crippen molar-refractivity contribution in [3.8, 4) is 0 Å². The number of carboxylic acid groups (broad SMARTS) is 1. The van der Waals surface area contributed by atoms with Crippen LogP contribution >= 0.6 is 0 Å². The van der Waals surface area contributed by atoms with Crippen LogP contribution in [0.15, 0.2) is 24.4 Å². The number of rotatable bonds is 5. The van der Waals surface area contributed by atoms with Crippen molar-refractivity contribution in [2.24, 2.45) is 5.92 Å². The third kappa shape index (κ3) is 3.34. The molecule has 3 N–H and O–H groups in total. The minimum Gasteiger partial charge on any atom is -0.480 e. The number of ether oxygens (including phenoxy) is 1. The summed E-state index contributed by atoms with van der Waals surface area (Å²) in [7, 11) is 0. The molecule has 1 amide bonds. The van der Waals surface area contributed by atoms with Gasteiger partial charge in [-0.15, -0.1) is 0 Å². The maximum absolute atomic E-state index is 13.2. The molecule has 2 heterocycles. The van der Waals surface area contributed by atoms with Crippen LogP contribution in [0.5, 0.6) is 0 Å². The molecule has 1 aromatic heterocycles. The molecule has 122 valence electrons. The molecule has 2 unspecified atom stereocenters. The number of H-pyrrole nitrogens is 1. The van der Waals surface area contributed by atoms with E-state index in [1.165, 1.54) is 12.1 Å². The molecule has 2 atom stereocenters. The van der Waals surface area contributed by atoms with Crippen LogP contribution < -0.4 is 5.32 Å². The van der Waals surface area contributed by atoms with Crippen LogP contribution in [-0.2, 0) is 20.7 Å². The fourth-order valence-electron chi connectivity index (χ4n) is 2.78. The predicted octanol–water partition coefficient (Wildman–Crippen LogP) is 1.46. The maximum Gasteiger partial charge on any atom is 0.326 e. The van der Waals surface area contributed by atoms with E-state index in [0.717, 1.165) is 10.9 Å². The first-order valence-corrected chi connectivity index (χ1v) is 7.41. The zero-order valence-electron chi connectivity index (χ0n) is 12.3. The smallest absolute Gasteiger partial charge is 0.326 e. The molecule has 0 spiro atoms. The van der Waals surface area contributed by atoms with Crippen LogP contribution in [0, 0.1) is 11.7 Å². The average molecular weight is 320 g/mol. The summed E-state index contributed by atoms with van der Waals surface area (Å²) in [6.07, 6.45) is 2.37. The second-order valence-electron chi connectivity index (χ2n) is 5.67. The number of nitrogens with one attached hydrogen (secondary N) is 2. The molecular weight excluding hydrogens is 303 g/mol. The highest BCUT2D eigenvalue weighted by molar-refractivity contribution is 5.87. The summed E-state index contributed by atoms with van der Waals surface area (Å²) < 4.78 is 18.3. The molecule has 0 aliphatic carbocycles. The van der Waals surface area contributed by atoms with E-state index < -0.39 is 12.0 Å². The molecule has 1 aliphatic rings. The van der Waals surface area contributed by atoms with Gasteiger partial charge in [-0.3, -0.25) is 4.79 Å². The van der Waals surface area contributed by atoms with Crippen LogP contribution in [0.2, 0.25) is 0 Å². The fourth-order valence-corrected chi connectivity index (χ4v) is 2.78. The van der Waals surface area contributed by atoms with E-state index in [0.29, 0.717) is 25.2 Å². The van der Waals surface area contributed by atoms with Crippen molar-refractivity contribution in [3.63, 3.8) is 0 Å². The molecule has 7 heteroatoms. The highest BCUT2D eigenvalue weighted by Crippen LogP contribution is 2.21. The monoisotopic (exact) mass is 320 g/mol. The summed E-state index contributed by atoms with van der Waals surface area (Å²) in [5.74, 6) is -2.07. The Morgan fingerprint density at radius 2 is 2.30 bits per heavy atom. The minimum atomic E-state index is -1.10. The number of amides is 1. The fraction of sp³-hybridized carbons (Fsp3) is 0.375. The second-order valence-corrected chi connectivity index (χ2v) is 5.67. The maximum atomic E-state index is 13.2. The van der Waals surface area contributed by atoms with Gasteiger partial charge in [-0.2, -0.15) is 0 Å². The Bertz CT molecular complexity index is 737. The third-order valence-electron chi connectivity index (χ3n) is 4.07. The SMILES string of the molecule is O=C(NC(Cc1c[nH]c2cc(F)ccc12)C(=O)O)C1CCOC1. The van der Waals surface area contributed by atoms with E-state index >= 15 is 0 Å². The van der Waals surface area contributed by atoms with Crippen LogP contribution in [-0.4, -0.2) is 41.2 Å². The molecular formula is C16H17FN2O4. The zero-order valence-corrected chi connectivity index (χ0v) is 12.3. The van der Waals surface area contributed by atoms with E-state index in [-0.39, 0.29) is 24.1 Å². The van der Waals surface area contributed by atoms with Gasteiger partial charge in [0.05, 0.1) is 12.5 Å². The lowest BCUT2D eigenvalue weighted by molar-refractivity contribution is -0.142. The van der Waals surface area contributed by atoms with Crippen molar-refractivity contribution in [2.45, 2.75) is 18.9 Å². The first-order valence-electron chi connectivity index (χ1n) is 7.41. The van der Waals surface area contributed by atoms with Gasteiger partial charge in [-0.25, -0.2) is 9.18 Å². The third-order valence-corrected chi connectivity index (χ3v) is 4.07. The van der Waals surface area contributed by atoms with E-state index in [4.69, 9.17) is 4.74 Å². The van der Waals surface area contributed by atoms with Gasteiger partial charge < -0.3 is 20.1 Å². The molecule has 3 rings (SSSR count). The number of aromatic amines is 1. The number of carbonyl (C=O) groups excluding carboxylic acids is 1. The quantitative estimate of drug-likeness (QED) is 0.778. The summed E-state index contributed by atoms with van der Waals surface area (Å²) in [5.41, 5.74) is 1.31. The summed E-state index contributed by atoms with van der Waals surface area (Å²) in [6.45, 7) is 0.842.